The standard InChI is InChI=1S/C34H35F3N4O3S/c1-23-9-3-6-12-29(23)40-21-28(39-45(43,38-2)27-19-17-26(18-20-27)44-34(35,36)37)33(42)32(22-40)41-30-13-7-4-10-24(30)15-16-25-11-5-8-14-31(25)41/h3-14,17-20,28,32-33,42H,15-16,21-22H2,1-2H3,(H,38,39,43). The van der Waals surface area contributed by atoms with Crippen LogP contribution in [0.1, 0.15) is 16.7 Å². The Morgan fingerprint density at radius 1 is 0.844 bits per heavy atom. The third-order valence-corrected chi connectivity index (χ3v) is 10.6. The van der Waals surface area contributed by atoms with E-state index in [2.05, 4.69) is 47.9 Å². The molecule has 0 bridgehead atoms. The van der Waals surface area contributed by atoms with Gasteiger partial charge in [-0.2, -0.15) is 0 Å². The van der Waals surface area contributed by atoms with Gasteiger partial charge >= 0.3 is 6.36 Å². The normalized spacial score (nSPS) is 21.2. The monoisotopic (exact) mass is 636 g/mol. The molecule has 0 spiro atoms. The van der Waals surface area contributed by atoms with E-state index >= 15 is 0 Å². The van der Waals surface area contributed by atoms with Crippen LogP contribution >= 0.6 is 0 Å². The zero-order valence-corrected chi connectivity index (χ0v) is 25.8. The summed E-state index contributed by atoms with van der Waals surface area (Å²) in [4.78, 5) is 4.59. The second-order valence-corrected chi connectivity index (χ2v) is 13.5. The van der Waals surface area contributed by atoms with Crippen LogP contribution in [0.25, 0.3) is 0 Å². The Kier molecular flexibility index (Phi) is 8.51. The molecule has 2 heterocycles. The van der Waals surface area contributed by atoms with Crippen molar-refractivity contribution in [1.29, 1.82) is 0 Å². The van der Waals surface area contributed by atoms with E-state index in [0.29, 0.717) is 13.1 Å². The number of aliphatic hydroxyl groups excluding tert-OH is 1. The Hall–Kier alpha value is -4.06. The number of anilines is 3. The lowest BCUT2D eigenvalue weighted by Crippen LogP contribution is -2.65. The van der Waals surface area contributed by atoms with Gasteiger partial charge in [0.1, 0.15) is 15.7 Å². The van der Waals surface area contributed by atoms with Crippen LogP contribution in [0.15, 0.2) is 106 Å². The molecule has 2 aliphatic rings. The van der Waals surface area contributed by atoms with Crippen LogP contribution in [0.2, 0.25) is 0 Å². The highest BCUT2D eigenvalue weighted by atomic mass is 32.2. The predicted octanol–water partition coefficient (Wildman–Crippen LogP) is 6.41. The van der Waals surface area contributed by atoms with Crippen LogP contribution in [-0.2, 0) is 22.8 Å². The van der Waals surface area contributed by atoms with Crippen molar-refractivity contribution in [3.63, 3.8) is 0 Å². The van der Waals surface area contributed by atoms with Crippen molar-refractivity contribution in [3.8, 4) is 5.75 Å². The Morgan fingerprint density at radius 3 is 1.96 bits per heavy atom. The van der Waals surface area contributed by atoms with Crippen molar-refractivity contribution in [3.05, 3.63) is 114 Å². The van der Waals surface area contributed by atoms with Gasteiger partial charge in [-0.1, -0.05) is 54.6 Å². The third kappa shape index (κ3) is 6.38. The fourth-order valence-corrected chi connectivity index (χ4v) is 7.99. The number of benzene rings is 4. The average molecular weight is 637 g/mol. The van der Waals surface area contributed by atoms with Gasteiger partial charge in [-0.15, -0.1) is 13.2 Å². The van der Waals surface area contributed by atoms with Crippen molar-refractivity contribution >= 4 is 27.0 Å². The number of para-hydroxylation sites is 3. The molecule has 0 radical (unpaired) electrons. The zero-order valence-electron chi connectivity index (χ0n) is 24.9. The fourth-order valence-electron chi connectivity index (χ4n) is 6.41. The SMILES string of the molecule is CN=S(=O)(NC1CN(c2ccccc2C)CC(N2c3ccccc3CCc3ccccc32)C1O)c1ccc(OC(F)(F)F)cc1. The summed E-state index contributed by atoms with van der Waals surface area (Å²) in [5, 5.41) is 12.2. The Balaban J connectivity index is 1.42. The number of nitrogens with zero attached hydrogens (tertiary/aromatic N) is 3. The van der Waals surface area contributed by atoms with Gasteiger partial charge in [0.2, 0.25) is 0 Å². The van der Waals surface area contributed by atoms with E-state index in [1.807, 2.05) is 55.5 Å². The quantitative estimate of drug-likeness (QED) is 0.256. The van der Waals surface area contributed by atoms with Crippen molar-refractivity contribution in [2.45, 2.75) is 49.2 Å². The molecule has 6 rings (SSSR count). The molecule has 0 amide bonds. The van der Waals surface area contributed by atoms with E-state index in [4.69, 9.17) is 0 Å². The largest absolute Gasteiger partial charge is 0.573 e. The molecule has 4 atom stereocenters. The molecule has 7 nitrogen and oxygen atoms in total. The Labute approximate surface area is 261 Å². The van der Waals surface area contributed by atoms with E-state index in [1.54, 1.807) is 0 Å². The van der Waals surface area contributed by atoms with E-state index in [0.717, 1.165) is 47.6 Å². The summed E-state index contributed by atoms with van der Waals surface area (Å²) >= 11 is 0. The van der Waals surface area contributed by atoms with Gasteiger partial charge in [0.25, 0.3) is 0 Å². The molecule has 4 unspecified atom stereocenters. The molecule has 236 valence electrons. The number of nitrogens with one attached hydrogen (secondary N) is 1. The fraction of sp³-hybridized carbons (Fsp3) is 0.294. The molecule has 11 heteroatoms. The number of aliphatic hydroxyl groups is 1. The highest BCUT2D eigenvalue weighted by Crippen LogP contribution is 2.40. The van der Waals surface area contributed by atoms with E-state index < -0.39 is 40.2 Å². The lowest BCUT2D eigenvalue weighted by Gasteiger charge is -2.48. The molecule has 4 aromatic carbocycles. The minimum atomic E-state index is -4.85. The lowest BCUT2D eigenvalue weighted by molar-refractivity contribution is -0.274. The Morgan fingerprint density at radius 2 is 1.40 bits per heavy atom. The predicted molar refractivity (Wildman–Crippen MR) is 170 cm³/mol. The second kappa shape index (κ2) is 12.4. The maximum atomic E-state index is 14.3. The van der Waals surface area contributed by atoms with Crippen LogP contribution in [-0.4, -0.2) is 54.0 Å². The second-order valence-electron chi connectivity index (χ2n) is 11.3. The zero-order chi connectivity index (χ0) is 31.8. The minimum Gasteiger partial charge on any atom is -0.406 e. The highest BCUT2D eigenvalue weighted by Gasteiger charge is 2.43. The molecule has 4 aromatic rings. The lowest BCUT2D eigenvalue weighted by atomic mass is 9.93. The number of ether oxygens (including phenoxy) is 1. The number of hydrogen-bond donors (Lipinski definition) is 2. The van der Waals surface area contributed by atoms with E-state index in [9.17, 15) is 22.5 Å². The Bertz CT molecular complexity index is 1740. The topological polar surface area (TPSA) is 77.4 Å². The number of aryl methyl sites for hydroxylation is 3. The first-order valence-electron chi connectivity index (χ1n) is 14.8. The number of alkyl halides is 3. The first kappa shape index (κ1) is 30.9. The molecule has 45 heavy (non-hydrogen) atoms. The number of halogens is 3. The van der Waals surface area contributed by atoms with Crippen molar-refractivity contribution in [2.75, 3.05) is 29.9 Å². The average Bonchev–Trinajstić information content (AvgIpc) is 3.19. The molecule has 2 aliphatic heterocycles. The highest BCUT2D eigenvalue weighted by molar-refractivity contribution is 7.91. The molecular formula is C34H35F3N4O3S. The molecule has 0 aliphatic carbocycles. The summed E-state index contributed by atoms with van der Waals surface area (Å²) in [5.74, 6) is -0.425. The first-order valence-corrected chi connectivity index (χ1v) is 16.3. The summed E-state index contributed by atoms with van der Waals surface area (Å²) in [6, 6.07) is 28.1. The third-order valence-electron chi connectivity index (χ3n) is 8.53. The van der Waals surface area contributed by atoms with Crippen molar-refractivity contribution < 1.29 is 27.2 Å². The molecule has 1 saturated heterocycles. The number of piperidine rings is 1. The molecule has 0 aromatic heterocycles. The van der Waals surface area contributed by atoms with Gasteiger partial charge in [-0.3, -0.25) is 0 Å². The number of rotatable bonds is 6. The van der Waals surface area contributed by atoms with Crippen molar-refractivity contribution in [2.24, 2.45) is 4.36 Å². The van der Waals surface area contributed by atoms with Crippen LogP contribution in [0.3, 0.4) is 0 Å². The molecular weight excluding hydrogens is 601 g/mol. The summed E-state index contributed by atoms with van der Waals surface area (Å²) in [5.41, 5.74) is 6.42. The van der Waals surface area contributed by atoms with Crippen LogP contribution in [0, 0.1) is 6.92 Å². The van der Waals surface area contributed by atoms with Gasteiger partial charge in [-0.25, -0.2) is 13.3 Å². The van der Waals surface area contributed by atoms with Gasteiger partial charge < -0.3 is 19.6 Å². The van der Waals surface area contributed by atoms with Crippen LogP contribution < -0.4 is 19.3 Å². The maximum Gasteiger partial charge on any atom is 0.573 e. The number of fused-ring (bicyclic) bond motifs is 2. The van der Waals surface area contributed by atoms with E-state index in [-0.39, 0.29) is 4.90 Å². The van der Waals surface area contributed by atoms with Crippen LogP contribution in [0.5, 0.6) is 5.75 Å². The van der Waals surface area contributed by atoms with Gasteiger partial charge in [0.05, 0.1) is 23.1 Å². The van der Waals surface area contributed by atoms with Gasteiger partial charge in [-0.05, 0) is 78.9 Å². The van der Waals surface area contributed by atoms with E-state index in [1.165, 1.54) is 30.3 Å². The van der Waals surface area contributed by atoms with Gasteiger partial charge in [0.15, 0.2) is 0 Å². The summed E-state index contributed by atoms with van der Waals surface area (Å²) < 4.78 is 63.9. The number of hydrogen-bond acceptors (Lipinski definition) is 6. The van der Waals surface area contributed by atoms with Gasteiger partial charge in [0, 0.05) is 37.2 Å². The summed E-state index contributed by atoms with van der Waals surface area (Å²) in [7, 11) is -1.97. The molecule has 0 saturated carbocycles. The summed E-state index contributed by atoms with van der Waals surface area (Å²) in [6.07, 6.45) is -4.14. The molecule has 1 fully saturated rings. The summed E-state index contributed by atoms with van der Waals surface area (Å²) in [6.45, 7) is 2.84. The minimum absolute atomic E-state index is 0.182. The van der Waals surface area contributed by atoms with Crippen molar-refractivity contribution in [1.82, 2.24) is 4.72 Å². The maximum absolute atomic E-state index is 14.3. The smallest absolute Gasteiger partial charge is 0.406 e. The first-order chi connectivity index (χ1) is 21.6. The molecule has 2 N–H and O–H groups in total. The van der Waals surface area contributed by atoms with Crippen LogP contribution in [0.4, 0.5) is 30.2 Å².